The summed E-state index contributed by atoms with van der Waals surface area (Å²) in [7, 11) is 1.75. The second-order valence-electron chi connectivity index (χ2n) is 3.42. The number of nitrogens with zero attached hydrogens (tertiary/aromatic N) is 1. The van der Waals surface area contributed by atoms with Crippen LogP contribution in [0, 0.1) is 0 Å². The molecule has 0 amide bonds. The number of unbranched alkanes of at least 4 members (excludes halogenated alkanes) is 1. The van der Waals surface area contributed by atoms with Crippen molar-refractivity contribution in [2.24, 2.45) is 0 Å². The van der Waals surface area contributed by atoms with Gasteiger partial charge in [0.05, 0.1) is 0 Å². The van der Waals surface area contributed by atoms with Crippen LogP contribution in [0.5, 0.6) is 0 Å². The molecule has 0 bridgehead atoms. The molecule has 0 aliphatic heterocycles. The molecule has 0 heterocycles. The molecule has 2 nitrogen and oxygen atoms in total. The summed E-state index contributed by atoms with van der Waals surface area (Å²) in [5.74, 6) is 0. The lowest BCUT2D eigenvalue weighted by atomic mass is 10.3. The van der Waals surface area contributed by atoms with Crippen LogP contribution in [0.1, 0.15) is 47.0 Å². The van der Waals surface area contributed by atoms with E-state index in [1.54, 1.807) is 7.11 Å². The van der Waals surface area contributed by atoms with Crippen LogP contribution in [-0.4, -0.2) is 31.7 Å². The molecule has 0 spiro atoms. The lowest BCUT2D eigenvalue weighted by molar-refractivity contribution is 0.180. The van der Waals surface area contributed by atoms with Gasteiger partial charge in [0.2, 0.25) is 0 Å². The molecule has 2 heteroatoms. The SMILES string of the molecule is C=C(C)N(CCCC)CCCOC.CC. The van der Waals surface area contributed by atoms with Gasteiger partial charge in [0.15, 0.2) is 0 Å². The summed E-state index contributed by atoms with van der Waals surface area (Å²) in [5.41, 5.74) is 1.17. The number of rotatable bonds is 8. The van der Waals surface area contributed by atoms with Crippen LogP contribution in [0.25, 0.3) is 0 Å². The number of ether oxygens (including phenoxy) is 1. The zero-order valence-corrected chi connectivity index (χ0v) is 11.3. The molecule has 0 radical (unpaired) electrons. The van der Waals surface area contributed by atoms with Crippen LogP contribution >= 0.6 is 0 Å². The smallest absolute Gasteiger partial charge is 0.0479 e. The van der Waals surface area contributed by atoms with Crippen LogP contribution in [-0.2, 0) is 4.74 Å². The quantitative estimate of drug-likeness (QED) is 0.573. The van der Waals surface area contributed by atoms with Crippen molar-refractivity contribution in [2.45, 2.75) is 47.0 Å². The van der Waals surface area contributed by atoms with Gasteiger partial charge in [0.25, 0.3) is 0 Å². The monoisotopic (exact) mass is 215 g/mol. The fourth-order valence-electron chi connectivity index (χ4n) is 1.24. The van der Waals surface area contributed by atoms with Crippen LogP contribution in [0.3, 0.4) is 0 Å². The van der Waals surface area contributed by atoms with Crippen molar-refractivity contribution in [3.8, 4) is 0 Å². The molecule has 0 aromatic rings. The minimum Gasteiger partial charge on any atom is -0.385 e. The molecular formula is C13H29NO. The van der Waals surface area contributed by atoms with E-state index < -0.39 is 0 Å². The molecule has 0 aliphatic rings. The van der Waals surface area contributed by atoms with Gasteiger partial charge in [-0.25, -0.2) is 0 Å². The van der Waals surface area contributed by atoms with Crippen LogP contribution in [0.4, 0.5) is 0 Å². The van der Waals surface area contributed by atoms with Gasteiger partial charge in [0.1, 0.15) is 0 Å². The van der Waals surface area contributed by atoms with E-state index in [4.69, 9.17) is 4.74 Å². The fourth-order valence-corrected chi connectivity index (χ4v) is 1.24. The maximum atomic E-state index is 5.02. The number of methoxy groups -OCH3 is 1. The molecule has 0 aromatic heterocycles. The number of hydrogen-bond acceptors (Lipinski definition) is 2. The molecule has 0 N–H and O–H groups in total. The maximum Gasteiger partial charge on any atom is 0.0479 e. The Bertz CT molecular complexity index is 134. The Balaban J connectivity index is 0. The van der Waals surface area contributed by atoms with Gasteiger partial charge >= 0.3 is 0 Å². The third-order valence-electron chi connectivity index (χ3n) is 2.10. The van der Waals surface area contributed by atoms with Crippen molar-refractivity contribution in [3.63, 3.8) is 0 Å². The molecule has 0 fully saturated rings. The summed E-state index contributed by atoms with van der Waals surface area (Å²) in [5, 5.41) is 0. The van der Waals surface area contributed by atoms with Crippen molar-refractivity contribution in [2.75, 3.05) is 26.8 Å². The van der Waals surface area contributed by atoms with Gasteiger partial charge < -0.3 is 9.64 Å². The Kier molecular flexibility index (Phi) is 15.2. The van der Waals surface area contributed by atoms with Gasteiger partial charge in [-0.2, -0.15) is 0 Å². The summed E-state index contributed by atoms with van der Waals surface area (Å²) < 4.78 is 5.02. The average molecular weight is 215 g/mol. The lowest BCUT2D eigenvalue weighted by Crippen LogP contribution is -2.24. The largest absolute Gasteiger partial charge is 0.385 e. The third-order valence-corrected chi connectivity index (χ3v) is 2.10. The zero-order valence-electron chi connectivity index (χ0n) is 11.3. The Morgan fingerprint density at radius 1 is 1.20 bits per heavy atom. The van der Waals surface area contributed by atoms with Crippen molar-refractivity contribution in [1.82, 2.24) is 4.90 Å². The van der Waals surface area contributed by atoms with Crippen LogP contribution in [0.2, 0.25) is 0 Å². The summed E-state index contributed by atoms with van der Waals surface area (Å²) >= 11 is 0. The average Bonchev–Trinajstić information content (AvgIpc) is 2.25. The maximum absolute atomic E-state index is 5.02. The van der Waals surface area contributed by atoms with E-state index in [1.165, 1.54) is 18.5 Å². The second-order valence-corrected chi connectivity index (χ2v) is 3.42. The summed E-state index contributed by atoms with van der Waals surface area (Å²) in [6.45, 7) is 15.3. The third kappa shape index (κ3) is 11.4. The van der Waals surface area contributed by atoms with Gasteiger partial charge in [-0.3, -0.25) is 0 Å². The molecule has 0 aromatic carbocycles. The first-order chi connectivity index (χ1) is 7.22. The van der Waals surface area contributed by atoms with Crippen molar-refractivity contribution < 1.29 is 4.74 Å². The van der Waals surface area contributed by atoms with Crippen LogP contribution in [0.15, 0.2) is 12.3 Å². The van der Waals surface area contributed by atoms with E-state index >= 15 is 0 Å². The summed E-state index contributed by atoms with van der Waals surface area (Å²) in [4.78, 5) is 2.34. The molecule has 92 valence electrons. The molecule has 0 atom stereocenters. The first-order valence-electron chi connectivity index (χ1n) is 6.11. The van der Waals surface area contributed by atoms with Crippen molar-refractivity contribution >= 4 is 0 Å². The predicted octanol–water partition coefficient (Wildman–Crippen LogP) is 3.68. The molecular weight excluding hydrogens is 186 g/mol. The molecule has 15 heavy (non-hydrogen) atoms. The normalized spacial score (nSPS) is 9.13. The minimum absolute atomic E-state index is 0.843. The van der Waals surface area contributed by atoms with Gasteiger partial charge in [0, 0.05) is 32.5 Å². The molecule has 0 aliphatic carbocycles. The van der Waals surface area contributed by atoms with Crippen LogP contribution < -0.4 is 0 Å². The zero-order chi connectivity index (χ0) is 12.1. The summed E-state index contributed by atoms with van der Waals surface area (Å²) in [6.07, 6.45) is 3.58. The van der Waals surface area contributed by atoms with Crippen molar-refractivity contribution in [3.05, 3.63) is 12.3 Å². The van der Waals surface area contributed by atoms with Gasteiger partial charge in [-0.1, -0.05) is 33.8 Å². The first kappa shape index (κ1) is 16.9. The summed E-state index contributed by atoms with van der Waals surface area (Å²) in [6, 6.07) is 0. The first-order valence-corrected chi connectivity index (χ1v) is 6.11. The molecule has 0 unspecified atom stereocenters. The van der Waals surface area contributed by atoms with E-state index in [1.807, 2.05) is 13.8 Å². The number of allylic oxidation sites excluding steroid dienone is 1. The van der Waals surface area contributed by atoms with E-state index in [0.717, 1.165) is 26.1 Å². The minimum atomic E-state index is 0.843. The van der Waals surface area contributed by atoms with E-state index in [-0.39, 0.29) is 0 Å². The molecule has 0 saturated carbocycles. The van der Waals surface area contributed by atoms with Gasteiger partial charge in [-0.05, 0) is 19.8 Å². The Morgan fingerprint density at radius 2 is 1.73 bits per heavy atom. The predicted molar refractivity (Wildman–Crippen MR) is 69.1 cm³/mol. The molecule has 0 saturated heterocycles. The van der Waals surface area contributed by atoms with E-state index in [2.05, 4.69) is 25.3 Å². The Labute approximate surface area is 96.3 Å². The highest BCUT2D eigenvalue weighted by Gasteiger charge is 2.01. The van der Waals surface area contributed by atoms with Gasteiger partial charge in [-0.15, -0.1) is 0 Å². The highest BCUT2D eigenvalue weighted by Crippen LogP contribution is 2.04. The standard InChI is InChI=1S/C11H23NO.C2H6/c1-5-6-8-12(11(2)3)9-7-10-13-4;1-2/h2,5-10H2,1,3-4H3;1-2H3. The Hall–Kier alpha value is -0.500. The lowest BCUT2D eigenvalue weighted by Gasteiger charge is -2.24. The molecule has 0 rings (SSSR count). The number of hydrogen-bond donors (Lipinski definition) is 0. The Morgan fingerprint density at radius 3 is 2.13 bits per heavy atom. The fraction of sp³-hybridized carbons (Fsp3) is 0.846. The van der Waals surface area contributed by atoms with Crippen molar-refractivity contribution in [1.29, 1.82) is 0 Å². The highest BCUT2D eigenvalue weighted by atomic mass is 16.5. The van der Waals surface area contributed by atoms with E-state index in [0.29, 0.717) is 0 Å². The van der Waals surface area contributed by atoms with E-state index in [9.17, 15) is 0 Å². The highest BCUT2D eigenvalue weighted by molar-refractivity contribution is 4.88. The topological polar surface area (TPSA) is 12.5 Å². The second kappa shape index (κ2) is 13.5.